The van der Waals surface area contributed by atoms with E-state index < -0.39 is 0 Å². The number of Topliss-reactive ketones (excluding diaryl/α,β-unsaturated/α-hetero) is 1. The molecule has 2 rings (SSSR count). The molecule has 0 amide bonds. The van der Waals surface area contributed by atoms with E-state index in [1.165, 1.54) is 6.39 Å². The molecule has 0 spiro atoms. The highest BCUT2D eigenvalue weighted by atomic mass is 16.3. The third kappa shape index (κ3) is 3.39. The highest BCUT2D eigenvalue weighted by Crippen LogP contribution is 2.13. The molecule has 0 fully saturated rings. The number of carbonyl (C=O) groups is 1. The SMILES string of the molecule is CC(=O)CCCNCc1ccc2ncoc2c1. The van der Waals surface area contributed by atoms with Crippen molar-refractivity contribution >= 4 is 16.9 Å². The zero-order chi connectivity index (χ0) is 12.1. The van der Waals surface area contributed by atoms with Crippen LogP contribution in [-0.2, 0) is 11.3 Å². The Morgan fingerprint density at radius 2 is 2.35 bits per heavy atom. The number of hydrogen-bond acceptors (Lipinski definition) is 4. The Bertz CT molecular complexity index is 505. The molecule has 1 heterocycles. The van der Waals surface area contributed by atoms with Crippen molar-refractivity contribution in [2.45, 2.75) is 26.3 Å². The first kappa shape index (κ1) is 11.8. The summed E-state index contributed by atoms with van der Waals surface area (Å²) >= 11 is 0. The van der Waals surface area contributed by atoms with Crippen LogP contribution in [0.2, 0.25) is 0 Å². The zero-order valence-corrected chi connectivity index (χ0v) is 9.90. The molecule has 1 N–H and O–H groups in total. The van der Waals surface area contributed by atoms with E-state index in [9.17, 15) is 4.79 Å². The second kappa shape index (κ2) is 5.59. The molecule has 0 atom stereocenters. The summed E-state index contributed by atoms with van der Waals surface area (Å²) in [6.45, 7) is 3.26. The highest BCUT2D eigenvalue weighted by molar-refractivity contribution is 5.75. The number of fused-ring (bicyclic) bond motifs is 1. The Kier molecular flexibility index (Phi) is 3.88. The van der Waals surface area contributed by atoms with E-state index in [4.69, 9.17) is 4.42 Å². The summed E-state index contributed by atoms with van der Waals surface area (Å²) in [4.78, 5) is 14.8. The monoisotopic (exact) mass is 232 g/mol. The Hall–Kier alpha value is -1.68. The van der Waals surface area contributed by atoms with Crippen molar-refractivity contribution < 1.29 is 9.21 Å². The number of nitrogens with one attached hydrogen (secondary N) is 1. The van der Waals surface area contributed by atoms with Gasteiger partial charge in [0, 0.05) is 13.0 Å². The predicted molar refractivity (Wildman–Crippen MR) is 65.6 cm³/mol. The molecule has 4 heteroatoms. The van der Waals surface area contributed by atoms with Crippen LogP contribution in [0, 0.1) is 0 Å². The molecule has 0 aliphatic rings. The number of rotatable bonds is 6. The molecule has 90 valence electrons. The second-order valence-electron chi connectivity index (χ2n) is 4.14. The van der Waals surface area contributed by atoms with Gasteiger partial charge in [0.15, 0.2) is 12.0 Å². The van der Waals surface area contributed by atoms with Crippen LogP contribution in [-0.4, -0.2) is 17.3 Å². The largest absolute Gasteiger partial charge is 0.443 e. The Morgan fingerprint density at radius 3 is 3.18 bits per heavy atom. The van der Waals surface area contributed by atoms with E-state index in [1.807, 2.05) is 18.2 Å². The first-order valence-electron chi connectivity index (χ1n) is 5.78. The molecular formula is C13H16N2O2. The van der Waals surface area contributed by atoms with Crippen molar-refractivity contribution in [3.63, 3.8) is 0 Å². The average molecular weight is 232 g/mol. The Morgan fingerprint density at radius 1 is 1.47 bits per heavy atom. The minimum atomic E-state index is 0.245. The number of carbonyl (C=O) groups excluding carboxylic acids is 1. The van der Waals surface area contributed by atoms with Gasteiger partial charge in [-0.25, -0.2) is 4.98 Å². The lowest BCUT2D eigenvalue weighted by atomic mass is 10.2. The molecule has 2 aromatic rings. The molecule has 0 unspecified atom stereocenters. The van der Waals surface area contributed by atoms with Gasteiger partial charge >= 0.3 is 0 Å². The van der Waals surface area contributed by atoms with Crippen LogP contribution in [0.1, 0.15) is 25.3 Å². The molecule has 0 radical (unpaired) electrons. The standard InChI is InChI=1S/C13H16N2O2/c1-10(16)3-2-6-14-8-11-4-5-12-13(7-11)17-9-15-12/h4-5,7,9,14H,2-3,6,8H2,1H3. The third-order valence-corrected chi connectivity index (χ3v) is 2.61. The molecule has 1 aromatic carbocycles. The van der Waals surface area contributed by atoms with Gasteiger partial charge in [-0.3, -0.25) is 0 Å². The molecule has 4 nitrogen and oxygen atoms in total. The fourth-order valence-electron chi connectivity index (χ4n) is 1.70. The minimum Gasteiger partial charge on any atom is -0.443 e. The fourth-order valence-corrected chi connectivity index (χ4v) is 1.70. The predicted octanol–water partition coefficient (Wildman–Crippen LogP) is 2.29. The van der Waals surface area contributed by atoms with E-state index in [0.717, 1.165) is 36.2 Å². The summed E-state index contributed by atoms with van der Waals surface area (Å²) in [6, 6.07) is 5.97. The first-order valence-corrected chi connectivity index (χ1v) is 5.78. The van der Waals surface area contributed by atoms with Gasteiger partial charge in [0.05, 0.1) is 0 Å². The van der Waals surface area contributed by atoms with Crippen LogP contribution in [0.25, 0.3) is 11.1 Å². The van der Waals surface area contributed by atoms with Crippen LogP contribution >= 0.6 is 0 Å². The van der Waals surface area contributed by atoms with E-state index >= 15 is 0 Å². The smallest absolute Gasteiger partial charge is 0.181 e. The highest BCUT2D eigenvalue weighted by Gasteiger charge is 2.00. The number of ketones is 1. The third-order valence-electron chi connectivity index (χ3n) is 2.61. The summed E-state index contributed by atoms with van der Waals surface area (Å²) in [5.74, 6) is 0.245. The van der Waals surface area contributed by atoms with Crippen LogP contribution in [0.15, 0.2) is 29.0 Å². The summed E-state index contributed by atoms with van der Waals surface area (Å²) in [5, 5.41) is 3.30. The molecule has 0 aliphatic carbocycles. The van der Waals surface area contributed by atoms with Gasteiger partial charge in [-0.1, -0.05) is 6.07 Å². The van der Waals surface area contributed by atoms with Crippen molar-refractivity contribution in [1.29, 1.82) is 0 Å². The maximum atomic E-state index is 10.7. The van der Waals surface area contributed by atoms with Crippen molar-refractivity contribution in [3.05, 3.63) is 30.2 Å². The lowest BCUT2D eigenvalue weighted by Crippen LogP contribution is -2.15. The number of benzene rings is 1. The summed E-state index contributed by atoms with van der Waals surface area (Å²) in [7, 11) is 0. The molecule has 0 bridgehead atoms. The number of nitrogens with zero attached hydrogens (tertiary/aromatic N) is 1. The summed E-state index contributed by atoms with van der Waals surface area (Å²) in [5.41, 5.74) is 2.86. The molecule has 1 aromatic heterocycles. The van der Waals surface area contributed by atoms with Gasteiger partial charge in [-0.15, -0.1) is 0 Å². The zero-order valence-electron chi connectivity index (χ0n) is 9.90. The molecule has 0 saturated heterocycles. The van der Waals surface area contributed by atoms with Crippen LogP contribution in [0.5, 0.6) is 0 Å². The van der Waals surface area contributed by atoms with E-state index in [2.05, 4.69) is 10.3 Å². The number of hydrogen-bond donors (Lipinski definition) is 1. The van der Waals surface area contributed by atoms with E-state index in [-0.39, 0.29) is 5.78 Å². The normalized spacial score (nSPS) is 10.9. The average Bonchev–Trinajstić information content (AvgIpc) is 2.75. The molecular weight excluding hydrogens is 216 g/mol. The fraction of sp³-hybridized carbons (Fsp3) is 0.385. The van der Waals surface area contributed by atoms with Crippen LogP contribution in [0.4, 0.5) is 0 Å². The summed E-state index contributed by atoms with van der Waals surface area (Å²) in [6.07, 6.45) is 2.99. The van der Waals surface area contributed by atoms with Gasteiger partial charge in [0.1, 0.15) is 11.3 Å². The maximum Gasteiger partial charge on any atom is 0.181 e. The van der Waals surface area contributed by atoms with Crippen molar-refractivity contribution in [1.82, 2.24) is 10.3 Å². The van der Waals surface area contributed by atoms with Crippen molar-refractivity contribution in [2.24, 2.45) is 0 Å². The molecule has 0 saturated carbocycles. The number of oxazole rings is 1. The first-order chi connectivity index (χ1) is 8.25. The van der Waals surface area contributed by atoms with Gasteiger partial charge in [-0.05, 0) is 37.6 Å². The topological polar surface area (TPSA) is 55.1 Å². The van der Waals surface area contributed by atoms with Crippen LogP contribution < -0.4 is 5.32 Å². The van der Waals surface area contributed by atoms with Gasteiger partial charge in [0.25, 0.3) is 0 Å². The van der Waals surface area contributed by atoms with E-state index in [1.54, 1.807) is 6.92 Å². The van der Waals surface area contributed by atoms with Gasteiger partial charge in [-0.2, -0.15) is 0 Å². The van der Waals surface area contributed by atoms with Gasteiger partial charge < -0.3 is 14.5 Å². The quantitative estimate of drug-likeness (QED) is 0.776. The number of aromatic nitrogens is 1. The maximum absolute atomic E-state index is 10.7. The van der Waals surface area contributed by atoms with Crippen molar-refractivity contribution in [2.75, 3.05) is 6.54 Å². The molecule has 17 heavy (non-hydrogen) atoms. The summed E-state index contributed by atoms with van der Waals surface area (Å²) < 4.78 is 5.23. The Balaban J connectivity index is 1.80. The lowest BCUT2D eigenvalue weighted by molar-refractivity contribution is -0.117. The lowest BCUT2D eigenvalue weighted by Gasteiger charge is -2.03. The second-order valence-corrected chi connectivity index (χ2v) is 4.14. The van der Waals surface area contributed by atoms with Crippen LogP contribution in [0.3, 0.4) is 0 Å². The minimum absolute atomic E-state index is 0.245. The molecule has 0 aliphatic heterocycles. The Labute approximate surface area is 100 Å². The van der Waals surface area contributed by atoms with E-state index in [0.29, 0.717) is 6.42 Å². The van der Waals surface area contributed by atoms with Gasteiger partial charge in [0.2, 0.25) is 0 Å². The van der Waals surface area contributed by atoms with Crippen molar-refractivity contribution in [3.8, 4) is 0 Å².